The first kappa shape index (κ1) is 36.8. The quantitative estimate of drug-likeness (QED) is 0.246. The highest BCUT2D eigenvalue weighted by Gasteiger charge is 2.48. The number of allylic oxidation sites excluding steroid dienone is 4. The summed E-state index contributed by atoms with van der Waals surface area (Å²) in [6, 6.07) is 21.2. The van der Waals surface area contributed by atoms with Crippen molar-refractivity contribution in [2.24, 2.45) is 21.7 Å². The van der Waals surface area contributed by atoms with Crippen molar-refractivity contribution in [3.05, 3.63) is 142 Å². The van der Waals surface area contributed by atoms with Crippen LogP contribution in [0.25, 0.3) is 11.1 Å². The van der Waals surface area contributed by atoms with Crippen LogP contribution in [0.1, 0.15) is 107 Å². The number of fused-ring (bicyclic) bond motifs is 2. The van der Waals surface area contributed by atoms with Crippen molar-refractivity contribution in [1.29, 1.82) is 0 Å². The Kier molecular flexibility index (Phi) is 8.95. The first-order valence-corrected chi connectivity index (χ1v) is 18.6. The zero-order valence-electron chi connectivity index (χ0n) is 31.9. The fraction of sp³-hybridized carbons (Fsp3) is 0.348. The first-order chi connectivity index (χ1) is 25.5. The molecule has 2 N–H and O–H groups in total. The minimum absolute atomic E-state index is 0.160. The minimum atomic E-state index is -0.949. The normalized spacial score (nSPS) is 24.2. The average Bonchev–Trinajstić information content (AvgIpc) is 3.13. The van der Waals surface area contributed by atoms with Crippen LogP contribution in [0.2, 0.25) is 0 Å². The number of carboxylic acid groups (broad SMARTS) is 2. The molecular weight excluding hydrogens is 677 g/mol. The van der Waals surface area contributed by atoms with Gasteiger partial charge in [-0.3, -0.25) is 9.59 Å². The van der Waals surface area contributed by atoms with Crippen molar-refractivity contribution >= 4 is 34.9 Å². The summed E-state index contributed by atoms with van der Waals surface area (Å²) in [5.41, 5.74) is 6.87. The summed E-state index contributed by atoms with van der Waals surface area (Å²) in [6.45, 7) is 15.1. The van der Waals surface area contributed by atoms with Crippen molar-refractivity contribution in [2.45, 2.75) is 54.4 Å². The SMILES string of the molecule is CC1(C)C(c2ccc(C(=O)O)cc2)=CC[C@]2(C)CN(C(=O)c3ccccc3C(=O)N3CC=C4C(C)(C)C(c5ccc(C(=O)O)cc5)=CC[C@]4(C)C3)CC=C12. The summed E-state index contributed by atoms with van der Waals surface area (Å²) in [5.74, 6) is -2.22. The first-order valence-electron chi connectivity index (χ1n) is 18.6. The Bertz CT molecular complexity index is 2050. The van der Waals surface area contributed by atoms with E-state index >= 15 is 0 Å². The lowest BCUT2D eigenvalue weighted by Crippen LogP contribution is -2.50. The molecule has 3 aromatic rings. The van der Waals surface area contributed by atoms with Gasteiger partial charge in [0.1, 0.15) is 0 Å². The molecule has 0 spiro atoms. The van der Waals surface area contributed by atoms with Crippen LogP contribution >= 0.6 is 0 Å². The van der Waals surface area contributed by atoms with Crippen LogP contribution < -0.4 is 0 Å². The standard InChI is InChI=1S/C46H48N2O6/c1-43(2)35(29-11-15-31(16-12-29)41(51)52)19-23-45(5)27-47(25-21-37(43)45)39(49)33-9-7-8-10-34(33)40(50)48-26-22-38-44(3,4)36(20-24-46(38,6)28-48)30-13-17-32(18-14-30)42(53)54/h7-22H,23-28H2,1-6H3,(H,51,52)(H,53,54)/t45-,46-/m1/s1. The van der Waals surface area contributed by atoms with E-state index in [9.17, 15) is 29.4 Å². The number of amides is 2. The zero-order chi connectivity index (χ0) is 38.8. The minimum Gasteiger partial charge on any atom is -0.478 e. The van der Waals surface area contributed by atoms with Crippen molar-refractivity contribution in [3.63, 3.8) is 0 Å². The maximum atomic E-state index is 14.4. The number of carboxylic acids is 2. The topological polar surface area (TPSA) is 115 Å². The van der Waals surface area contributed by atoms with Gasteiger partial charge in [-0.1, -0.05) is 113 Å². The molecule has 7 rings (SSSR count). The van der Waals surface area contributed by atoms with Crippen molar-refractivity contribution in [3.8, 4) is 0 Å². The Morgan fingerprint density at radius 3 is 1.20 bits per heavy atom. The molecule has 54 heavy (non-hydrogen) atoms. The molecule has 0 saturated heterocycles. The Balaban J connectivity index is 1.10. The van der Waals surface area contributed by atoms with Crippen LogP contribution in [-0.2, 0) is 0 Å². The van der Waals surface area contributed by atoms with Crippen molar-refractivity contribution in [2.75, 3.05) is 26.2 Å². The smallest absolute Gasteiger partial charge is 0.335 e. The third-order valence-corrected chi connectivity index (χ3v) is 12.5. The molecule has 4 aliphatic rings. The fourth-order valence-corrected chi connectivity index (χ4v) is 9.91. The molecule has 2 aliphatic carbocycles. The van der Waals surface area contributed by atoms with E-state index in [2.05, 4.69) is 65.8 Å². The molecule has 0 bridgehead atoms. The predicted molar refractivity (Wildman–Crippen MR) is 210 cm³/mol. The van der Waals surface area contributed by atoms with E-state index in [0.29, 0.717) is 37.3 Å². The molecule has 8 heteroatoms. The number of benzene rings is 3. The molecule has 2 atom stereocenters. The molecule has 2 aliphatic heterocycles. The second-order valence-corrected chi connectivity index (χ2v) is 16.9. The van der Waals surface area contributed by atoms with Gasteiger partial charge in [0.25, 0.3) is 11.8 Å². The van der Waals surface area contributed by atoms with Gasteiger partial charge in [0, 0.05) is 47.8 Å². The third kappa shape index (κ3) is 6.11. The summed E-state index contributed by atoms with van der Waals surface area (Å²) < 4.78 is 0. The summed E-state index contributed by atoms with van der Waals surface area (Å²) in [4.78, 5) is 55.3. The summed E-state index contributed by atoms with van der Waals surface area (Å²) in [7, 11) is 0. The van der Waals surface area contributed by atoms with Gasteiger partial charge in [-0.2, -0.15) is 0 Å². The zero-order valence-corrected chi connectivity index (χ0v) is 31.9. The maximum absolute atomic E-state index is 14.4. The predicted octanol–water partition coefficient (Wildman–Crippen LogP) is 8.89. The van der Waals surface area contributed by atoms with Gasteiger partial charge in [-0.15, -0.1) is 0 Å². The van der Waals surface area contributed by atoms with Gasteiger partial charge in [0.15, 0.2) is 0 Å². The molecule has 0 saturated carbocycles. The van der Waals surface area contributed by atoms with Gasteiger partial charge in [0.05, 0.1) is 22.3 Å². The number of rotatable bonds is 6. The van der Waals surface area contributed by atoms with E-state index in [1.54, 1.807) is 36.4 Å². The number of carbonyl (C=O) groups is 4. The largest absolute Gasteiger partial charge is 0.478 e. The highest BCUT2D eigenvalue weighted by molar-refractivity contribution is 6.07. The second-order valence-electron chi connectivity index (χ2n) is 16.9. The van der Waals surface area contributed by atoms with Crippen molar-refractivity contribution in [1.82, 2.24) is 9.80 Å². The van der Waals surface area contributed by atoms with E-state index in [4.69, 9.17) is 0 Å². The van der Waals surface area contributed by atoms with Gasteiger partial charge in [-0.05, 0) is 71.5 Å². The number of carbonyl (C=O) groups excluding carboxylic acids is 2. The second kappa shape index (κ2) is 13.1. The van der Waals surface area contributed by atoms with E-state index < -0.39 is 11.9 Å². The summed E-state index contributed by atoms with van der Waals surface area (Å²) >= 11 is 0. The summed E-state index contributed by atoms with van der Waals surface area (Å²) in [6.07, 6.45) is 10.3. The summed E-state index contributed by atoms with van der Waals surface area (Å²) in [5, 5.41) is 18.8. The van der Waals surface area contributed by atoms with Gasteiger partial charge >= 0.3 is 11.9 Å². The van der Waals surface area contributed by atoms with Crippen molar-refractivity contribution < 1.29 is 29.4 Å². The molecule has 278 valence electrons. The van der Waals surface area contributed by atoms with Gasteiger partial charge in [-0.25, -0.2) is 9.59 Å². The van der Waals surface area contributed by atoms with E-state index in [1.165, 1.54) is 11.1 Å². The molecule has 2 heterocycles. The lowest BCUT2D eigenvalue weighted by atomic mass is 9.58. The Morgan fingerprint density at radius 1 is 0.519 bits per heavy atom. The Labute approximate surface area is 317 Å². The number of hydrogen-bond donors (Lipinski definition) is 2. The lowest BCUT2D eigenvalue weighted by Gasteiger charge is -2.51. The average molecular weight is 725 g/mol. The fourth-order valence-electron chi connectivity index (χ4n) is 9.91. The monoisotopic (exact) mass is 724 g/mol. The van der Waals surface area contributed by atoms with Gasteiger partial charge < -0.3 is 20.0 Å². The van der Waals surface area contributed by atoms with Crippen LogP contribution in [0.5, 0.6) is 0 Å². The Morgan fingerprint density at radius 2 is 0.870 bits per heavy atom. The van der Waals surface area contributed by atoms with Crippen LogP contribution in [0.15, 0.2) is 108 Å². The molecule has 3 aromatic carbocycles. The van der Waals surface area contributed by atoms with Crippen LogP contribution in [0.3, 0.4) is 0 Å². The van der Waals surface area contributed by atoms with Crippen LogP contribution in [0, 0.1) is 21.7 Å². The van der Waals surface area contributed by atoms with Gasteiger partial charge in [0.2, 0.25) is 0 Å². The highest BCUT2D eigenvalue weighted by Crippen LogP contribution is 2.57. The molecule has 0 radical (unpaired) electrons. The molecule has 8 nitrogen and oxygen atoms in total. The van der Waals surface area contributed by atoms with Crippen LogP contribution in [0.4, 0.5) is 0 Å². The molecule has 0 aromatic heterocycles. The number of hydrogen-bond acceptors (Lipinski definition) is 4. The number of aromatic carboxylic acids is 2. The van der Waals surface area contributed by atoms with E-state index in [0.717, 1.165) is 35.1 Å². The Hall–Kier alpha value is -5.50. The van der Waals surface area contributed by atoms with E-state index in [-0.39, 0.29) is 44.6 Å². The molecule has 0 unspecified atom stereocenters. The van der Waals surface area contributed by atoms with Crippen LogP contribution in [-0.4, -0.2) is 69.9 Å². The molecular formula is C46H48N2O6. The molecule has 2 amide bonds. The molecule has 0 fully saturated rings. The maximum Gasteiger partial charge on any atom is 0.335 e. The highest BCUT2D eigenvalue weighted by atomic mass is 16.4. The lowest BCUT2D eigenvalue weighted by molar-refractivity contribution is 0.0645. The van der Waals surface area contributed by atoms with E-state index in [1.807, 2.05) is 46.2 Å². The number of nitrogens with zero attached hydrogens (tertiary/aromatic N) is 2. The third-order valence-electron chi connectivity index (χ3n) is 12.5.